The van der Waals surface area contributed by atoms with E-state index >= 15 is 0 Å². The standard InChI is InChI=1S/C19H17NO2S2/c1-14-2-6-18(7-3-14)24(21,22)20-10-8-15-4-5-16(12-19(15)20)17-9-11-23-13-17/h2-7,9,11-13H,8,10H2,1H3. The van der Waals surface area contributed by atoms with Crippen LogP contribution in [-0.4, -0.2) is 15.0 Å². The maximum Gasteiger partial charge on any atom is 0.264 e. The number of sulfonamides is 1. The van der Waals surface area contributed by atoms with Gasteiger partial charge in [0.1, 0.15) is 0 Å². The monoisotopic (exact) mass is 355 g/mol. The number of fused-ring (bicyclic) bond motifs is 1. The summed E-state index contributed by atoms with van der Waals surface area (Å²) in [5.41, 5.74) is 5.13. The van der Waals surface area contributed by atoms with Gasteiger partial charge < -0.3 is 0 Å². The van der Waals surface area contributed by atoms with Gasteiger partial charge in [-0.2, -0.15) is 11.3 Å². The molecular weight excluding hydrogens is 338 g/mol. The second-order valence-corrected chi connectivity index (χ2v) is 8.64. The van der Waals surface area contributed by atoms with Crippen molar-refractivity contribution in [3.8, 4) is 11.1 Å². The molecule has 1 aliphatic heterocycles. The van der Waals surface area contributed by atoms with Crippen molar-refractivity contribution in [2.24, 2.45) is 0 Å². The number of hydrogen-bond donors (Lipinski definition) is 0. The molecule has 0 bridgehead atoms. The highest BCUT2D eigenvalue weighted by atomic mass is 32.2. The van der Waals surface area contributed by atoms with Crippen molar-refractivity contribution in [3.63, 3.8) is 0 Å². The van der Waals surface area contributed by atoms with Gasteiger partial charge in [-0.15, -0.1) is 0 Å². The molecular formula is C19H17NO2S2. The minimum Gasteiger partial charge on any atom is -0.266 e. The first-order chi connectivity index (χ1) is 11.6. The van der Waals surface area contributed by atoms with Gasteiger partial charge in [-0.1, -0.05) is 29.8 Å². The van der Waals surface area contributed by atoms with Gasteiger partial charge >= 0.3 is 0 Å². The van der Waals surface area contributed by atoms with Crippen molar-refractivity contribution in [1.29, 1.82) is 0 Å². The van der Waals surface area contributed by atoms with Crippen LogP contribution in [0.4, 0.5) is 5.69 Å². The van der Waals surface area contributed by atoms with Crippen LogP contribution in [0.2, 0.25) is 0 Å². The lowest BCUT2D eigenvalue weighted by Crippen LogP contribution is -2.29. The Bertz CT molecular complexity index is 975. The number of thiophene rings is 1. The number of hydrogen-bond acceptors (Lipinski definition) is 3. The van der Waals surface area contributed by atoms with Gasteiger partial charge in [0.2, 0.25) is 0 Å². The molecule has 0 atom stereocenters. The zero-order chi connectivity index (χ0) is 16.7. The van der Waals surface area contributed by atoms with Gasteiger partial charge in [-0.05, 0) is 65.1 Å². The number of rotatable bonds is 3. The van der Waals surface area contributed by atoms with Gasteiger partial charge in [0.05, 0.1) is 10.6 Å². The van der Waals surface area contributed by atoms with Crippen LogP contribution in [0.25, 0.3) is 11.1 Å². The van der Waals surface area contributed by atoms with Gasteiger partial charge in [0.25, 0.3) is 10.0 Å². The zero-order valence-electron chi connectivity index (χ0n) is 13.3. The summed E-state index contributed by atoms with van der Waals surface area (Å²) in [5.74, 6) is 0. The van der Waals surface area contributed by atoms with E-state index < -0.39 is 10.0 Å². The molecule has 0 saturated carbocycles. The van der Waals surface area contributed by atoms with Crippen LogP contribution in [0.15, 0.2) is 64.2 Å². The average Bonchev–Trinajstić information content (AvgIpc) is 3.24. The zero-order valence-corrected chi connectivity index (χ0v) is 14.9. The third-order valence-corrected chi connectivity index (χ3v) is 6.91. The van der Waals surface area contributed by atoms with E-state index in [1.807, 2.05) is 36.6 Å². The molecule has 0 unspecified atom stereocenters. The van der Waals surface area contributed by atoms with Gasteiger partial charge in [-0.25, -0.2) is 8.42 Å². The highest BCUT2D eigenvalue weighted by Crippen LogP contribution is 2.36. The third-order valence-electron chi connectivity index (χ3n) is 4.40. The summed E-state index contributed by atoms with van der Waals surface area (Å²) in [7, 11) is -3.52. The molecule has 0 saturated heterocycles. The van der Waals surface area contributed by atoms with Crippen LogP contribution in [-0.2, 0) is 16.4 Å². The fourth-order valence-corrected chi connectivity index (χ4v) is 5.21. The van der Waals surface area contributed by atoms with E-state index in [0.717, 1.165) is 34.4 Å². The fourth-order valence-electron chi connectivity index (χ4n) is 3.05. The molecule has 0 radical (unpaired) electrons. The molecule has 5 heteroatoms. The minimum absolute atomic E-state index is 0.349. The van der Waals surface area contributed by atoms with E-state index in [9.17, 15) is 8.42 Å². The topological polar surface area (TPSA) is 37.4 Å². The Morgan fingerprint density at radius 2 is 1.79 bits per heavy atom. The van der Waals surface area contributed by atoms with E-state index in [4.69, 9.17) is 0 Å². The summed E-state index contributed by atoms with van der Waals surface area (Å²) < 4.78 is 27.6. The Kier molecular flexibility index (Phi) is 3.70. The van der Waals surface area contributed by atoms with Crippen molar-refractivity contribution >= 4 is 27.0 Å². The molecule has 0 amide bonds. The van der Waals surface area contributed by atoms with Crippen molar-refractivity contribution in [3.05, 3.63) is 70.4 Å². The maximum atomic E-state index is 13.0. The van der Waals surface area contributed by atoms with E-state index in [2.05, 4.69) is 17.5 Å². The van der Waals surface area contributed by atoms with Crippen LogP contribution in [0.1, 0.15) is 11.1 Å². The molecule has 0 spiro atoms. The van der Waals surface area contributed by atoms with Crippen molar-refractivity contribution in [2.45, 2.75) is 18.2 Å². The Balaban J connectivity index is 1.78. The molecule has 1 aromatic heterocycles. The lowest BCUT2D eigenvalue weighted by molar-refractivity contribution is 0.592. The highest BCUT2D eigenvalue weighted by Gasteiger charge is 2.31. The third kappa shape index (κ3) is 2.54. The molecule has 24 heavy (non-hydrogen) atoms. The summed E-state index contributed by atoms with van der Waals surface area (Å²) in [6.45, 7) is 2.45. The minimum atomic E-state index is -3.52. The van der Waals surface area contributed by atoms with Crippen LogP contribution >= 0.6 is 11.3 Å². The first kappa shape index (κ1) is 15.4. The Morgan fingerprint density at radius 3 is 2.50 bits per heavy atom. The smallest absolute Gasteiger partial charge is 0.264 e. The van der Waals surface area contributed by atoms with E-state index in [-0.39, 0.29) is 0 Å². The van der Waals surface area contributed by atoms with Crippen molar-refractivity contribution < 1.29 is 8.42 Å². The second kappa shape index (κ2) is 5.76. The summed E-state index contributed by atoms with van der Waals surface area (Å²) in [6, 6.07) is 15.2. The number of nitrogens with zero attached hydrogens (tertiary/aromatic N) is 1. The van der Waals surface area contributed by atoms with Gasteiger partial charge in [0, 0.05) is 6.54 Å². The lowest BCUT2D eigenvalue weighted by Gasteiger charge is -2.20. The predicted octanol–water partition coefficient (Wildman–Crippen LogP) is 4.47. The van der Waals surface area contributed by atoms with Crippen molar-refractivity contribution in [1.82, 2.24) is 0 Å². The van der Waals surface area contributed by atoms with Crippen LogP contribution < -0.4 is 4.31 Å². The van der Waals surface area contributed by atoms with E-state index in [0.29, 0.717) is 11.4 Å². The first-order valence-corrected chi connectivity index (χ1v) is 10.2. The van der Waals surface area contributed by atoms with E-state index in [1.165, 1.54) is 0 Å². The van der Waals surface area contributed by atoms with Crippen LogP contribution in [0.3, 0.4) is 0 Å². The number of aryl methyl sites for hydroxylation is 1. The fraction of sp³-hybridized carbons (Fsp3) is 0.158. The second-order valence-electron chi connectivity index (χ2n) is 6.00. The van der Waals surface area contributed by atoms with E-state index in [1.54, 1.807) is 27.8 Å². The SMILES string of the molecule is Cc1ccc(S(=O)(=O)N2CCc3ccc(-c4ccsc4)cc32)cc1. The lowest BCUT2D eigenvalue weighted by atomic mass is 10.1. The molecule has 122 valence electrons. The normalized spacial score (nSPS) is 14.0. The van der Waals surface area contributed by atoms with Gasteiger partial charge in [-0.3, -0.25) is 4.31 Å². The molecule has 2 aromatic carbocycles. The number of anilines is 1. The summed E-state index contributed by atoms with van der Waals surface area (Å²) in [5, 5.41) is 4.11. The quantitative estimate of drug-likeness (QED) is 0.695. The maximum absolute atomic E-state index is 13.0. The molecule has 3 nitrogen and oxygen atoms in total. The van der Waals surface area contributed by atoms with Crippen molar-refractivity contribution in [2.75, 3.05) is 10.8 Å². The largest absolute Gasteiger partial charge is 0.266 e. The van der Waals surface area contributed by atoms with Crippen LogP contribution in [0.5, 0.6) is 0 Å². The summed E-state index contributed by atoms with van der Waals surface area (Å²) in [6.07, 6.45) is 0.754. The van der Waals surface area contributed by atoms with Crippen LogP contribution in [0, 0.1) is 6.92 Å². The molecule has 0 fully saturated rings. The molecule has 1 aliphatic rings. The number of benzene rings is 2. The Morgan fingerprint density at radius 1 is 1.00 bits per heavy atom. The molecule has 0 N–H and O–H groups in total. The molecule has 2 heterocycles. The van der Waals surface area contributed by atoms with Gasteiger partial charge in [0.15, 0.2) is 0 Å². The Labute approximate surface area is 146 Å². The summed E-state index contributed by atoms with van der Waals surface area (Å²) in [4.78, 5) is 0.349. The highest BCUT2D eigenvalue weighted by molar-refractivity contribution is 7.92. The molecule has 0 aliphatic carbocycles. The first-order valence-electron chi connectivity index (χ1n) is 7.80. The summed E-state index contributed by atoms with van der Waals surface area (Å²) >= 11 is 1.64. The molecule has 4 rings (SSSR count). The predicted molar refractivity (Wildman–Crippen MR) is 99.2 cm³/mol. The Hall–Kier alpha value is -2.11. The molecule has 3 aromatic rings. The average molecular weight is 355 g/mol.